The van der Waals surface area contributed by atoms with Crippen LogP contribution in [0.3, 0.4) is 0 Å². The molecule has 2 saturated heterocycles. The van der Waals surface area contributed by atoms with Crippen LogP contribution in [0.1, 0.15) is 34.7 Å². The molecule has 1 aromatic heterocycles. The quantitative estimate of drug-likeness (QED) is 0.758. The molecule has 0 unspecified atom stereocenters. The monoisotopic (exact) mass is 250 g/mol. The van der Waals surface area contributed by atoms with Gasteiger partial charge in [0.2, 0.25) is 0 Å². The Morgan fingerprint density at radius 3 is 2.83 bits per heavy atom. The molecule has 1 aromatic rings. The smallest absolute Gasteiger partial charge is 0.259 e. The first-order valence-corrected chi connectivity index (χ1v) is 6.41. The van der Waals surface area contributed by atoms with Gasteiger partial charge in [-0.25, -0.2) is 0 Å². The van der Waals surface area contributed by atoms with E-state index in [1.165, 1.54) is 0 Å². The van der Waals surface area contributed by atoms with Gasteiger partial charge in [-0.1, -0.05) is 5.16 Å². The zero-order valence-corrected chi connectivity index (χ0v) is 10.9. The summed E-state index contributed by atoms with van der Waals surface area (Å²) in [6.07, 6.45) is 2.11. The number of hydrogen-bond acceptors (Lipinski definition) is 4. The van der Waals surface area contributed by atoms with E-state index in [0.717, 1.165) is 39.1 Å². The van der Waals surface area contributed by atoms with Crippen LogP contribution in [0.5, 0.6) is 0 Å². The van der Waals surface area contributed by atoms with Crippen molar-refractivity contribution in [1.82, 2.24) is 10.1 Å². The molecule has 18 heavy (non-hydrogen) atoms. The average molecular weight is 250 g/mol. The van der Waals surface area contributed by atoms with E-state index in [0.29, 0.717) is 17.0 Å². The van der Waals surface area contributed by atoms with E-state index in [-0.39, 0.29) is 11.3 Å². The summed E-state index contributed by atoms with van der Waals surface area (Å²) in [5.41, 5.74) is 1.52. The molecule has 2 aliphatic heterocycles. The number of hydrogen-bond donors (Lipinski definition) is 0. The minimum atomic E-state index is 0.0509. The van der Waals surface area contributed by atoms with E-state index in [1.54, 1.807) is 6.92 Å². The normalized spacial score (nSPS) is 27.3. The van der Waals surface area contributed by atoms with Gasteiger partial charge in [-0.05, 0) is 26.7 Å². The van der Waals surface area contributed by atoms with Gasteiger partial charge < -0.3 is 14.2 Å². The van der Waals surface area contributed by atoms with Gasteiger partial charge in [0.1, 0.15) is 11.3 Å². The van der Waals surface area contributed by atoms with Crippen molar-refractivity contribution in [2.24, 2.45) is 5.41 Å². The molecule has 0 aliphatic carbocycles. The van der Waals surface area contributed by atoms with Gasteiger partial charge in [0.15, 0.2) is 0 Å². The molecule has 5 heteroatoms. The summed E-state index contributed by atoms with van der Waals surface area (Å²) in [4.78, 5) is 14.4. The van der Waals surface area contributed by atoms with Crippen molar-refractivity contribution < 1.29 is 14.1 Å². The highest BCUT2D eigenvalue weighted by Gasteiger charge is 2.43. The minimum Gasteiger partial charge on any atom is -0.381 e. The molecule has 0 bridgehead atoms. The second-order valence-corrected chi connectivity index (χ2v) is 5.48. The highest BCUT2D eigenvalue weighted by Crippen LogP contribution is 2.38. The summed E-state index contributed by atoms with van der Waals surface area (Å²) in [6, 6.07) is 0. The van der Waals surface area contributed by atoms with Crippen LogP contribution in [0, 0.1) is 19.3 Å². The number of carbonyl (C=O) groups excluding carboxylic acids is 1. The van der Waals surface area contributed by atoms with Crippen LogP contribution in [0.2, 0.25) is 0 Å². The lowest BCUT2D eigenvalue weighted by atomic mass is 9.87. The minimum absolute atomic E-state index is 0.0509. The Bertz CT molecular complexity index is 455. The van der Waals surface area contributed by atoms with Crippen molar-refractivity contribution in [2.75, 3.05) is 26.3 Å². The second-order valence-electron chi connectivity index (χ2n) is 5.48. The summed E-state index contributed by atoms with van der Waals surface area (Å²) in [7, 11) is 0. The SMILES string of the molecule is Cc1noc(C)c1C(=O)N1CC[C@]2(CCOC2)C1. The molecule has 0 N–H and O–H groups in total. The highest BCUT2D eigenvalue weighted by atomic mass is 16.5. The third kappa shape index (κ3) is 1.73. The van der Waals surface area contributed by atoms with E-state index in [9.17, 15) is 4.79 Å². The number of rotatable bonds is 1. The first-order valence-electron chi connectivity index (χ1n) is 6.41. The standard InChI is InChI=1S/C13H18N2O3/c1-9-11(10(2)18-14-9)12(16)15-5-3-13(7-15)4-6-17-8-13/h3-8H2,1-2H3/t13-/m0/s1. The van der Waals surface area contributed by atoms with Crippen LogP contribution < -0.4 is 0 Å². The van der Waals surface area contributed by atoms with E-state index < -0.39 is 0 Å². The summed E-state index contributed by atoms with van der Waals surface area (Å²) < 4.78 is 10.6. The first-order chi connectivity index (χ1) is 8.61. The molecule has 3 rings (SSSR count). The zero-order chi connectivity index (χ0) is 12.8. The van der Waals surface area contributed by atoms with Crippen molar-refractivity contribution in [3.63, 3.8) is 0 Å². The first kappa shape index (κ1) is 11.7. The van der Waals surface area contributed by atoms with Crippen molar-refractivity contribution in [3.8, 4) is 0 Å². The lowest BCUT2D eigenvalue weighted by molar-refractivity contribution is 0.0763. The molecular formula is C13H18N2O3. The molecule has 1 spiro atoms. The topological polar surface area (TPSA) is 55.6 Å². The van der Waals surface area contributed by atoms with Crippen molar-refractivity contribution >= 4 is 5.91 Å². The maximum absolute atomic E-state index is 12.5. The molecule has 98 valence electrons. The number of carbonyl (C=O) groups is 1. The van der Waals surface area contributed by atoms with Gasteiger partial charge in [-0.15, -0.1) is 0 Å². The van der Waals surface area contributed by atoms with Crippen LogP contribution in [-0.4, -0.2) is 42.3 Å². The summed E-state index contributed by atoms with van der Waals surface area (Å²) in [5, 5.41) is 3.85. The van der Waals surface area contributed by atoms with Crippen molar-refractivity contribution in [3.05, 3.63) is 17.0 Å². The molecule has 5 nitrogen and oxygen atoms in total. The Balaban J connectivity index is 1.79. The second kappa shape index (κ2) is 4.09. The lowest BCUT2D eigenvalue weighted by Gasteiger charge is -2.21. The summed E-state index contributed by atoms with van der Waals surface area (Å²) >= 11 is 0. The van der Waals surface area contributed by atoms with Gasteiger partial charge in [0, 0.05) is 25.1 Å². The summed E-state index contributed by atoms with van der Waals surface area (Å²) in [5.74, 6) is 0.663. The fourth-order valence-corrected chi connectivity index (χ4v) is 3.03. The van der Waals surface area contributed by atoms with Gasteiger partial charge in [0.05, 0.1) is 12.3 Å². The van der Waals surface area contributed by atoms with Gasteiger partial charge in [-0.2, -0.15) is 0 Å². The largest absolute Gasteiger partial charge is 0.381 e. The Kier molecular flexibility index (Phi) is 2.66. The van der Waals surface area contributed by atoms with Crippen molar-refractivity contribution in [2.45, 2.75) is 26.7 Å². The fraction of sp³-hybridized carbons (Fsp3) is 0.692. The predicted molar refractivity (Wildman–Crippen MR) is 64.4 cm³/mol. The van der Waals surface area contributed by atoms with Crippen LogP contribution in [0.4, 0.5) is 0 Å². The summed E-state index contributed by atoms with van der Waals surface area (Å²) in [6.45, 7) is 6.83. The van der Waals surface area contributed by atoms with E-state index in [4.69, 9.17) is 9.26 Å². The number of likely N-dealkylation sites (tertiary alicyclic amines) is 1. The Morgan fingerprint density at radius 2 is 2.22 bits per heavy atom. The van der Waals surface area contributed by atoms with E-state index in [1.807, 2.05) is 11.8 Å². The van der Waals surface area contributed by atoms with E-state index in [2.05, 4.69) is 5.16 Å². The number of ether oxygens (including phenoxy) is 1. The van der Waals surface area contributed by atoms with Crippen LogP contribution in [-0.2, 0) is 4.74 Å². The number of aryl methyl sites for hydroxylation is 2. The Labute approximate surface area is 106 Å². The molecule has 0 saturated carbocycles. The molecule has 0 radical (unpaired) electrons. The zero-order valence-electron chi connectivity index (χ0n) is 10.9. The highest BCUT2D eigenvalue weighted by molar-refractivity contribution is 5.96. The van der Waals surface area contributed by atoms with Gasteiger partial charge >= 0.3 is 0 Å². The Morgan fingerprint density at radius 1 is 1.39 bits per heavy atom. The van der Waals surface area contributed by atoms with Crippen LogP contribution in [0.15, 0.2) is 4.52 Å². The van der Waals surface area contributed by atoms with Crippen molar-refractivity contribution in [1.29, 1.82) is 0 Å². The third-order valence-corrected chi connectivity index (χ3v) is 4.16. The lowest BCUT2D eigenvalue weighted by Crippen LogP contribution is -2.33. The number of amides is 1. The van der Waals surface area contributed by atoms with Crippen LogP contribution >= 0.6 is 0 Å². The van der Waals surface area contributed by atoms with Gasteiger partial charge in [0.25, 0.3) is 5.91 Å². The Hall–Kier alpha value is -1.36. The maximum Gasteiger partial charge on any atom is 0.259 e. The average Bonchev–Trinajstić information content (AvgIpc) is 3.04. The predicted octanol–water partition coefficient (Wildman–Crippen LogP) is 1.54. The molecule has 1 amide bonds. The molecule has 0 aromatic carbocycles. The fourth-order valence-electron chi connectivity index (χ4n) is 3.03. The molecule has 3 heterocycles. The molecule has 1 atom stereocenters. The molecule has 2 aliphatic rings. The number of aromatic nitrogens is 1. The third-order valence-electron chi connectivity index (χ3n) is 4.16. The van der Waals surface area contributed by atoms with Gasteiger partial charge in [-0.3, -0.25) is 4.79 Å². The maximum atomic E-state index is 12.5. The van der Waals surface area contributed by atoms with Crippen LogP contribution in [0.25, 0.3) is 0 Å². The number of nitrogens with zero attached hydrogens (tertiary/aromatic N) is 2. The van der Waals surface area contributed by atoms with E-state index >= 15 is 0 Å². The molecular weight excluding hydrogens is 232 g/mol. The molecule has 2 fully saturated rings.